The average Bonchev–Trinajstić information content (AvgIpc) is 3.06. The van der Waals surface area contributed by atoms with E-state index in [1.807, 2.05) is 0 Å². The highest BCUT2D eigenvalue weighted by atomic mass is 16.4. The van der Waals surface area contributed by atoms with Gasteiger partial charge in [0.1, 0.15) is 6.04 Å². The SMILES string of the molecule is CC(CN(C(=O)C1CC1)C(C)C(=O)O)C(=O)O. The van der Waals surface area contributed by atoms with Crippen molar-refractivity contribution in [3.63, 3.8) is 0 Å². The Balaban J connectivity index is 2.74. The molecule has 0 aromatic heterocycles. The van der Waals surface area contributed by atoms with Crippen LogP contribution in [0.2, 0.25) is 0 Å². The fourth-order valence-corrected chi connectivity index (χ4v) is 1.51. The fourth-order valence-electron chi connectivity index (χ4n) is 1.51. The Bertz CT molecular complexity index is 337. The van der Waals surface area contributed by atoms with E-state index in [9.17, 15) is 14.4 Å². The summed E-state index contributed by atoms with van der Waals surface area (Å²) >= 11 is 0. The number of carbonyl (C=O) groups is 3. The second-order valence-electron chi connectivity index (χ2n) is 4.52. The Morgan fingerprint density at radius 2 is 1.71 bits per heavy atom. The smallest absolute Gasteiger partial charge is 0.326 e. The molecule has 0 aliphatic heterocycles. The summed E-state index contributed by atoms with van der Waals surface area (Å²) in [5.41, 5.74) is 0. The van der Waals surface area contributed by atoms with E-state index in [-0.39, 0.29) is 18.4 Å². The summed E-state index contributed by atoms with van der Waals surface area (Å²) in [7, 11) is 0. The van der Waals surface area contributed by atoms with Gasteiger partial charge in [-0.3, -0.25) is 9.59 Å². The average molecular weight is 243 g/mol. The Morgan fingerprint density at radius 1 is 1.18 bits per heavy atom. The highest BCUT2D eigenvalue weighted by Crippen LogP contribution is 2.32. The van der Waals surface area contributed by atoms with Crippen molar-refractivity contribution in [1.29, 1.82) is 0 Å². The first-order valence-electron chi connectivity index (χ1n) is 5.60. The fraction of sp³-hybridized carbons (Fsp3) is 0.727. The molecule has 0 radical (unpaired) electrons. The summed E-state index contributed by atoms with van der Waals surface area (Å²) in [5.74, 6) is -3.27. The number of hydrogen-bond donors (Lipinski definition) is 2. The molecule has 2 N–H and O–H groups in total. The van der Waals surface area contributed by atoms with E-state index in [2.05, 4.69) is 0 Å². The van der Waals surface area contributed by atoms with Crippen LogP contribution in [0.25, 0.3) is 0 Å². The van der Waals surface area contributed by atoms with Gasteiger partial charge in [0.2, 0.25) is 5.91 Å². The zero-order valence-corrected chi connectivity index (χ0v) is 9.92. The molecule has 0 aromatic rings. The van der Waals surface area contributed by atoms with Gasteiger partial charge < -0.3 is 15.1 Å². The molecule has 0 saturated heterocycles. The van der Waals surface area contributed by atoms with E-state index >= 15 is 0 Å². The predicted molar refractivity (Wildman–Crippen MR) is 58.3 cm³/mol. The van der Waals surface area contributed by atoms with Crippen LogP contribution in [0, 0.1) is 11.8 Å². The maximum atomic E-state index is 11.9. The second-order valence-corrected chi connectivity index (χ2v) is 4.52. The van der Waals surface area contributed by atoms with Crippen molar-refractivity contribution in [2.75, 3.05) is 6.54 Å². The third kappa shape index (κ3) is 3.44. The van der Waals surface area contributed by atoms with E-state index in [4.69, 9.17) is 10.2 Å². The molecular formula is C11H17NO5. The standard InChI is InChI=1S/C11H17NO5/c1-6(10(14)15)5-12(7(2)11(16)17)9(13)8-3-4-8/h6-8H,3-5H2,1-2H3,(H,14,15)(H,16,17). The van der Waals surface area contributed by atoms with Gasteiger partial charge in [-0.2, -0.15) is 0 Å². The van der Waals surface area contributed by atoms with Crippen LogP contribution in [-0.2, 0) is 14.4 Å². The zero-order valence-electron chi connectivity index (χ0n) is 9.92. The van der Waals surface area contributed by atoms with Crippen LogP contribution in [0.15, 0.2) is 0 Å². The molecule has 1 fully saturated rings. The minimum Gasteiger partial charge on any atom is -0.481 e. The first-order valence-corrected chi connectivity index (χ1v) is 5.60. The lowest BCUT2D eigenvalue weighted by atomic mass is 10.1. The molecule has 1 saturated carbocycles. The lowest BCUT2D eigenvalue weighted by molar-refractivity contribution is -0.153. The molecule has 0 spiro atoms. The number of hydrogen-bond acceptors (Lipinski definition) is 3. The molecule has 2 unspecified atom stereocenters. The summed E-state index contributed by atoms with van der Waals surface area (Å²) in [6.07, 6.45) is 1.53. The van der Waals surface area contributed by atoms with Crippen molar-refractivity contribution >= 4 is 17.8 Å². The molecule has 1 rings (SSSR count). The van der Waals surface area contributed by atoms with Crippen molar-refractivity contribution in [2.24, 2.45) is 11.8 Å². The van der Waals surface area contributed by atoms with E-state index in [0.717, 1.165) is 12.8 Å². The largest absolute Gasteiger partial charge is 0.481 e. The third-order valence-corrected chi connectivity index (χ3v) is 2.93. The molecular weight excluding hydrogens is 226 g/mol. The van der Waals surface area contributed by atoms with Crippen LogP contribution in [0.1, 0.15) is 26.7 Å². The van der Waals surface area contributed by atoms with Gasteiger partial charge in [-0.1, -0.05) is 6.92 Å². The van der Waals surface area contributed by atoms with Crippen molar-refractivity contribution in [2.45, 2.75) is 32.7 Å². The predicted octanol–water partition coefficient (Wildman–Crippen LogP) is 0.419. The summed E-state index contributed by atoms with van der Waals surface area (Å²) in [6, 6.07) is -0.982. The summed E-state index contributed by atoms with van der Waals surface area (Å²) in [4.78, 5) is 34.7. The first kappa shape index (κ1) is 13.5. The molecule has 6 nitrogen and oxygen atoms in total. The van der Waals surface area contributed by atoms with E-state index in [1.54, 1.807) is 0 Å². The lowest BCUT2D eigenvalue weighted by Crippen LogP contribution is -2.47. The molecule has 0 aromatic carbocycles. The van der Waals surface area contributed by atoms with Crippen molar-refractivity contribution in [1.82, 2.24) is 4.90 Å². The van der Waals surface area contributed by atoms with Gasteiger partial charge in [-0.05, 0) is 19.8 Å². The first-order chi connectivity index (χ1) is 7.84. The molecule has 96 valence electrons. The number of aliphatic carboxylic acids is 2. The van der Waals surface area contributed by atoms with Crippen LogP contribution in [0.4, 0.5) is 0 Å². The minimum absolute atomic E-state index is 0.0574. The number of carbonyl (C=O) groups excluding carboxylic acids is 1. The summed E-state index contributed by atoms with van der Waals surface area (Å²) in [5, 5.41) is 17.7. The van der Waals surface area contributed by atoms with Gasteiger partial charge in [-0.25, -0.2) is 4.79 Å². The van der Waals surface area contributed by atoms with Gasteiger partial charge in [0.15, 0.2) is 0 Å². The lowest BCUT2D eigenvalue weighted by Gasteiger charge is -2.28. The molecule has 2 atom stereocenters. The van der Waals surface area contributed by atoms with Gasteiger partial charge in [0.25, 0.3) is 0 Å². The number of nitrogens with zero attached hydrogens (tertiary/aromatic N) is 1. The van der Waals surface area contributed by atoms with Crippen LogP contribution < -0.4 is 0 Å². The van der Waals surface area contributed by atoms with Crippen LogP contribution >= 0.6 is 0 Å². The van der Waals surface area contributed by atoms with E-state index in [0.29, 0.717) is 0 Å². The number of carboxylic acid groups (broad SMARTS) is 2. The second kappa shape index (κ2) is 5.16. The Labute approximate surface area is 99.2 Å². The maximum absolute atomic E-state index is 11.9. The monoisotopic (exact) mass is 243 g/mol. The zero-order chi connectivity index (χ0) is 13.2. The maximum Gasteiger partial charge on any atom is 0.326 e. The van der Waals surface area contributed by atoms with Crippen LogP contribution in [-0.4, -0.2) is 45.5 Å². The quantitative estimate of drug-likeness (QED) is 0.705. The number of rotatable bonds is 6. The molecule has 1 aliphatic carbocycles. The van der Waals surface area contributed by atoms with Crippen molar-refractivity contribution in [3.05, 3.63) is 0 Å². The molecule has 17 heavy (non-hydrogen) atoms. The Morgan fingerprint density at radius 3 is 2.06 bits per heavy atom. The van der Waals surface area contributed by atoms with E-state index < -0.39 is 23.9 Å². The minimum atomic E-state index is -1.11. The molecule has 0 heterocycles. The van der Waals surface area contributed by atoms with Crippen molar-refractivity contribution in [3.8, 4) is 0 Å². The summed E-state index contributed by atoms with van der Waals surface area (Å²) < 4.78 is 0. The van der Waals surface area contributed by atoms with Crippen molar-refractivity contribution < 1.29 is 24.6 Å². The van der Waals surface area contributed by atoms with Gasteiger partial charge >= 0.3 is 11.9 Å². The molecule has 1 amide bonds. The Hall–Kier alpha value is -1.59. The molecule has 1 aliphatic rings. The van der Waals surface area contributed by atoms with Gasteiger partial charge in [0.05, 0.1) is 5.92 Å². The van der Waals surface area contributed by atoms with Crippen LogP contribution in [0.3, 0.4) is 0 Å². The summed E-state index contributed by atoms with van der Waals surface area (Å²) in [6.45, 7) is 2.80. The third-order valence-electron chi connectivity index (χ3n) is 2.93. The number of carboxylic acids is 2. The normalized spacial score (nSPS) is 18.2. The van der Waals surface area contributed by atoms with Gasteiger partial charge in [0, 0.05) is 12.5 Å². The highest BCUT2D eigenvalue weighted by molar-refractivity contribution is 5.86. The Kier molecular flexibility index (Phi) is 4.09. The topological polar surface area (TPSA) is 94.9 Å². The van der Waals surface area contributed by atoms with E-state index in [1.165, 1.54) is 18.7 Å². The van der Waals surface area contributed by atoms with Crippen LogP contribution in [0.5, 0.6) is 0 Å². The molecule has 0 bridgehead atoms. The van der Waals surface area contributed by atoms with Gasteiger partial charge in [-0.15, -0.1) is 0 Å². The number of amides is 1. The highest BCUT2D eigenvalue weighted by Gasteiger charge is 2.38. The molecule has 6 heteroatoms.